The number of benzene rings is 1. The number of alkyl halides is 1. The second-order valence-corrected chi connectivity index (χ2v) is 9.43. The molecule has 1 aromatic carbocycles. The number of sulfonamides is 1. The van der Waals surface area contributed by atoms with Crippen molar-refractivity contribution in [2.24, 2.45) is 0 Å². The van der Waals surface area contributed by atoms with Gasteiger partial charge in [-0.3, -0.25) is 0 Å². The fourth-order valence-corrected chi connectivity index (χ4v) is 5.68. The topological polar surface area (TPSA) is 71.5 Å². The fourth-order valence-electron chi connectivity index (χ4n) is 1.54. The van der Waals surface area contributed by atoms with Crippen molar-refractivity contribution >= 4 is 35.8 Å². The highest BCUT2D eigenvalue weighted by Crippen LogP contribution is 2.11. The van der Waals surface area contributed by atoms with Crippen molar-refractivity contribution in [2.45, 2.75) is 6.54 Å². The van der Waals surface area contributed by atoms with Gasteiger partial charge in [0.05, 0.1) is 0 Å². The molecule has 0 amide bonds. The van der Waals surface area contributed by atoms with Crippen LogP contribution in [-0.4, -0.2) is 44.4 Å². The van der Waals surface area contributed by atoms with E-state index in [9.17, 15) is 16.8 Å². The van der Waals surface area contributed by atoms with Crippen LogP contribution in [0, 0.1) is 0 Å². The minimum atomic E-state index is -3.83. The molecule has 1 aromatic rings. The predicted molar refractivity (Wildman–Crippen MR) is 79.3 cm³/mol. The Balaban J connectivity index is 2.94. The van der Waals surface area contributed by atoms with Crippen molar-refractivity contribution < 1.29 is 16.8 Å². The van der Waals surface area contributed by atoms with E-state index >= 15 is 0 Å². The van der Waals surface area contributed by atoms with Gasteiger partial charge in [-0.1, -0.05) is 46.3 Å². The summed E-state index contributed by atoms with van der Waals surface area (Å²) in [6.07, 6.45) is 0.916. The van der Waals surface area contributed by atoms with Gasteiger partial charge in [0.15, 0.2) is 14.9 Å². The highest BCUT2D eigenvalue weighted by atomic mass is 79.9. The average molecular weight is 370 g/mol. The molecule has 0 aliphatic rings. The van der Waals surface area contributed by atoms with E-state index in [0.717, 1.165) is 11.8 Å². The largest absolute Gasteiger partial charge is 0.228 e. The zero-order valence-electron chi connectivity index (χ0n) is 10.5. The second kappa shape index (κ2) is 6.83. The van der Waals surface area contributed by atoms with E-state index in [2.05, 4.69) is 15.9 Å². The highest BCUT2D eigenvalue weighted by Gasteiger charge is 2.26. The van der Waals surface area contributed by atoms with Gasteiger partial charge in [-0.15, -0.1) is 0 Å². The van der Waals surface area contributed by atoms with E-state index in [0.29, 0.717) is 5.33 Å². The average Bonchev–Trinajstić information content (AvgIpc) is 2.26. The Hall–Kier alpha value is -0.440. The van der Waals surface area contributed by atoms with Crippen molar-refractivity contribution in [1.29, 1.82) is 0 Å². The van der Waals surface area contributed by atoms with E-state index in [1.165, 1.54) is 4.31 Å². The molecular formula is C11H16BrNO4S2. The third-order valence-corrected chi connectivity index (χ3v) is 6.65. The van der Waals surface area contributed by atoms with Gasteiger partial charge in [0.1, 0.15) is 0 Å². The van der Waals surface area contributed by atoms with Crippen molar-refractivity contribution in [2.75, 3.05) is 23.2 Å². The van der Waals surface area contributed by atoms with Crippen molar-refractivity contribution in [3.05, 3.63) is 35.9 Å². The molecule has 0 heterocycles. The van der Waals surface area contributed by atoms with Crippen LogP contribution in [0.25, 0.3) is 0 Å². The molecule has 0 spiro atoms. The van der Waals surface area contributed by atoms with Gasteiger partial charge in [0.2, 0.25) is 10.0 Å². The molecule has 0 bridgehead atoms. The molecule has 0 fully saturated rings. The van der Waals surface area contributed by atoms with Crippen LogP contribution in [0.15, 0.2) is 30.3 Å². The summed E-state index contributed by atoms with van der Waals surface area (Å²) in [5.41, 5.74) is 0.820. The lowest BCUT2D eigenvalue weighted by atomic mass is 10.2. The Morgan fingerprint density at radius 3 is 2.16 bits per heavy atom. The number of sulfone groups is 1. The molecule has 19 heavy (non-hydrogen) atoms. The predicted octanol–water partition coefficient (Wildman–Crippen LogP) is 1.22. The van der Waals surface area contributed by atoms with Crippen molar-refractivity contribution in [3.63, 3.8) is 0 Å². The second-order valence-electron chi connectivity index (χ2n) is 4.16. The van der Waals surface area contributed by atoms with E-state index in [1.807, 2.05) is 18.2 Å². The van der Waals surface area contributed by atoms with E-state index in [1.54, 1.807) is 12.1 Å². The third-order valence-electron chi connectivity index (χ3n) is 2.29. The molecular weight excluding hydrogens is 354 g/mol. The summed E-state index contributed by atoms with van der Waals surface area (Å²) in [6, 6.07) is 9.06. The molecule has 0 aliphatic carbocycles. The van der Waals surface area contributed by atoms with Crippen LogP contribution < -0.4 is 0 Å². The SMILES string of the molecule is CS(=O)(=O)CS(=O)(=O)N(CCBr)Cc1ccccc1. The summed E-state index contributed by atoms with van der Waals surface area (Å²) in [4.78, 5) is 0. The highest BCUT2D eigenvalue weighted by molar-refractivity contribution is 9.09. The Kier molecular flexibility index (Phi) is 5.97. The van der Waals surface area contributed by atoms with Gasteiger partial charge in [-0.2, -0.15) is 4.31 Å². The van der Waals surface area contributed by atoms with E-state index < -0.39 is 24.9 Å². The van der Waals surface area contributed by atoms with E-state index in [-0.39, 0.29) is 13.1 Å². The molecule has 0 saturated carbocycles. The third kappa shape index (κ3) is 6.03. The molecule has 0 aliphatic heterocycles. The lowest BCUT2D eigenvalue weighted by Gasteiger charge is -2.20. The molecule has 1 rings (SSSR count). The Labute approximate surface area is 122 Å². The number of nitrogens with zero attached hydrogens (tertiary/aromatic N) is 1. The summed E-state index contributed by atoms with van der Waals surface area (Å²) < 4.78 is 47.7. The maximum absolute atomic E-state index is 12.1. The summed E-state index contributed by atoms with van der Waals surface area (Å²) in [7, 11) is -7.41. The van der Waals surface area contributed by atoms with Crippen LogP contribution in [0.2, 0.25) is 0 Å². The zero-order valence-corrected chi connectivity index (χ0v) is 13.7. The van der Waals surface area contributed by atoms with Crippen molar-refractivity contribution in [1.82, 2.24) is 4.31 Å². The molecule has 0 aromatic heterocycles. The number of halogens is 1. The van der Waals surface area contributed by atoms with Crippen LogP contribution in [0.5, 0.6) is 0 Å². The summed E-state index contributed by atoms with van der Waals surface area (Å²) in [5, 5.41) is -0.414. The van der Waals surface area contributed by atoms with E-state index in [4.69, 9.17) is 0 Å². The lowest BCUT2D eigenvalue weighted by Crippen LogP contribution is -2.36. The first-order valence-corrected chi connectivity index (χ1v) is 10.3. The first-order chi connectivity index (χ1) is 8.74. The summed E-state index contributed by atoms with van der Waals surface area (Å²) >= 11 is 3.18. The van der Waals surface area contributed by atoms with Gasteiger partial charge >= 0.3 is 0 Å². The summed E-state index contributed by atoms with van der Waals surface area (Å²) in [6.45, 7) is 0.400. The Morgan fingerprint density at radius 2 is 1.68 bits per heavy atom. The standard InChI is InChI=1S/C11H16BrNO4S2/c1-18(14,15)10-19(16,17)13(8-7-12)9-11-5-3-2-4-6-11/h2-6H,7-10H2,1H3. The van der Waals surface area contributed by atoms with Crippen LogP contribution in [-0.2, 0) is 26.4 Å². The van der Waals surface area contributed by atoms with Gasteiger partial charge in [0.25, 0.3) is 0 Å². The summed E-state index contributed by atoms with van der Waals surface area (Å²) in [5.74, 6) is 0. The molecule has 108 valence electrons. The Morgan fingerprint density at radius 1 is 1.11 bits per heavy atom. The minimum Gasteiger partial charge on any atom is -0.228 e. The molecule has 0 radical (unpaired) electrons. The van der Waals surface area contributed by atoms with Crippen LogP contribution >= 0.6 is 15.9 Å². The van der Waals surface area contributed by atoms with Crippen LogP contribution in [0.3, 0.4) is 0 Å². The molecule has 0 saturated heterocycles. The van der Waals surface area contributed by atoms with Gasteiger partial charge in [-0.25, -0.2) is 16.8 Å². The number of hydrogen-bond acceptors (Lipinski definition) is 4. The number of hydrogen-bond donors (Lipinski definition) is 0. The minimum absolute atomic E-state index is 0.171. The monoisotopic (exact) mass is 369 g/mol. The first-order valence-electron chi connectivity index (χ1n) is 5.50. The van der Waals surface area contributed by atoms with Gasteiger partial charge < -0.3 is 0 Å². The first kappa shape index (κ1) is 16.6. The number of rotatable bonds is 7. The molecule has 0 N–H and O–H groups in total. The lowest BCUT2D eigenvalue weighted by molar-refractivity contribution is 0.429. The molecule has 0 atom stereocenters. The quantitative estimate of drug-likeness (QED) is 0.677. The molecule has 8 heteroatoms. The molecule has 0 unspecified atom stereocenters. The van der Waals surface area contributed by atoms with Gasteiger partial charge in [0, 0.05) is 24.7 Å². The normalized spacial score (nSPS) is 12.8. The maximum atomic E-state index is 12.1. The smallest absolute Gasteiger partial charge is 0.228 e. The van der Waals surface area contributed by atoms with Gasteiger partial charge in [-0.05, 0) is 5.56 Å². The Bertz CT molecular complexity index is 599. The van der Waals surface area contributed by atoms with Crippen LogP contribution in [0.1, 0.15) is 5.56 Å². The van der Waals surface area contributed by atoms with Crippen LogP contribution in [0.4, 0.5) is 0 Å². The zero-order chi connectivity index (χ0) is 14.5. The fraction of sp³-hybridized carbons (Fsp3) is 0.455. The molecule has 5 nitrogen and oxygen atoms in total. The maximum Gasteiger partial charge on any atom is 0.228 e. The van der Waals surface area contributed by atoms with Crippen molar-refractivity contribution in [3.8, 4) is 0 Å².